The SMILES string of the molecule is NCC(c1ccco1)N1CCN(c2nccs2)CC1. The number of thiazole rings is 1. The van der Waals surface area contributed by atoms with Crippen LogP contribution >= 0.6 is 11.3 Å². The second-order valence-electron chi connectivity index (χ2n) is 4.60. The fraction of sp³-hybridized carbons (Fsp3) is 0.462. The normalized spacial score (nSPS) is 18.7. The summed E-state index contributed by atoms with van der Waals surface area (Å²) in [5, 5.41) is 3.13. The zero-order chi connectivity index (χ0) is 13.1. The van der Waals surface area contributed by atoms with Crippen molar-refractivity contribution < 1.29 is 4.42 Å². The standard InChI is InChI=1S/C13H18N4OS/c14-10-11(12-2-1-8-18-12)16-4-6-17(7-5-16)13-15-3-9-19-13/h1-3,8-9,11H,4-7,10,14H2. The van der Waals surface area contributed by atoms with Crippen LogP contribution in [-0.4, -0.2) is 42.6 Å². The van der Waals surface area contributed by atoms with E-state index in [1.54, 1.807) is 17.6 Å². The van der Waals surface area contributed by atoms with Crippen LogP contribution in [0.3, 0.4) is 0 Å². The molecule has 0 saturated carbocycles. The van der Waals surface area contributed by atoms with Gasteiger partial charge >= 0.3 is 0 Å². The number of furan rings is 1. The Hall–Kier alpha value is -1.37. The summed E-state index contributed by atoms with van der Waals surface area (Å²) in [6.45, 7) is 4.55. The molecule has 1 unspecified atom stereocenters. The third kappa shape index (κ3) is 2.65. The van der Waals surface area contributed by atoms with Gasteiger partial charge < -0.3 is 15.1 Å². The molecule has 0 bridgehead atoms. The minimum absolute atomic E-state index is 0.188. The van der Waals surface area contributed by atoms with E-state index in [4.69, 9.17) is 10.2 Å². The molecule has 102 valence electrons. The van der Waals surface area contributed by atoms with Crippen LogP contribution in [0.1, 0.15) is 11.8 Å². The molecule has 0 aliphatic carbocycles. The molecule has 19 heavy (non-hydrogen) atoms. The van der Waals surface area contributed by atoms with Crippen LogP contribution < -0.4 is 10.6 Å². The van der Waals surface area contributed by atoms with Gasteiger partial charge in [0, 0.05) is 44.3 Å². The quantitative estimate of drug-likeness (QED) is 0.919. The molecule has 1 atom stereocenters. The minimum atomic E-state index is 0.188. The maximum Gasteiger partial charge on any atom is 0.185 e. The highest BCUT2D eigenvalue weighted by atomic mass is 32.1. The fourth-order valence-corrected chi connectivity index (χ4v) is 3.22. The predicted octanol–water partition coefficient (Wildman–Crippen LogP) is 1.56. The molecule has 0 spiro atoms. The van der Waals surface area contributed by atoms with Gasteiger partial charge in [0.05, 0.1) is 12.3 Å². The van der Waals surface area contributed by atoms with E-state index in [1.165, 1.54) is 0 Å². The molecule has 3 heterocycles. The summed E-state index contributed by atoms with van der Waals surface area (Å²) in [6.07, 6.45) is 3.57. The fourth-order valence-electron chi connectivity index (χ4n) is 2.52. The maximum absolute atomic E-state index is 5.90. The first-order valence-corrected chi connectivity index (χ1v) is 7.38. The highest BCUT2D eigenvalue weighted by Crippen LogP contribution is 2.24. The van der Waals surface area contributed by atoms with Crippen molar-refractivity contribution in [1.82, 2.24) is 9.88 Å². The Kier molecular flexibility index (Phi) is 3.82. The maximum atomic E-state index is 5.90. The van der Waals surface area contributed by atoms with Gasteiger partial charge in [0.1, 0.15) is 5.76 Å². The molecule has 6 heteroatoms. The number of nitrogens with two attached hydrogens (primary N) is 1. The van der Waals surface area contributed by atoms with Crippen LogP contribution in [-0.2, 0) is 0 Å². The first-order valence-electron chi connectivity index (χ1n) is 6.50. The molecule has 2 aromatic heterocycles. The number of piperazine rings is 1. The van der Waals surface area contributed by atoms with E-state index in [2.05, 4.69) is 14.8 Å². The summed E-state index contributed by atoms with van der Waals surface area (Å²) in [7, 11) is 0. The van der Waals surface area contributed by atoms with Gasteiger partial charge in [-0.1, -0.05) is 0 Å². The zero-order valence-corrected chi connectivity index (χ0v) is 11.6. The first kappa shape index (κ1) is 12.7. The monoisotopic (exact) mass is 278 g/mol. The average Bonchev–Trinajstić information content (AvgIpc) is 3.14. The lowest BCUT2D eigenvalue weighted by molar-refractivity contribution is 0.169. The molecule has 5 nitrogen and oxygen atoms in total. The van der Waals surface area contributed by atoms with Gasteiger partial charge in [-0.2, -0.15) is 0 Å². The molecule has 0 aromatic carbocycles. The van der Waals surface area contributed by atoms with Crippen LogP contribution in [0.5, 0.6) is 0 Å². The second-order valence-corrected chi connectivity index (χ2v) is 5.48. The van der Waals surface area contributed by atoms with Crippen molar-refractivity contribution in [1.29, 1.82) is 0 Å². The molecule has 3 rings (SSSR count). The summed E-state index contributed by atoms with van der Waals surface area (Å²) in [6, 6.07) is 4.11. The van der Waals surface area contributed by atoms with Crippen LogP contribution in [0.15, 0.2) is 34.4 Å². The molecule has 0 radical (unpaired) electrons. The molecule has 2 N–H and O–H groups in total. The molecule has 1 saturated heterocycles. The van der Waals surface area contributed by atoms with E-state index in [1.807, 2.05) is 23.7 Å². The molecule has 1 fully saturated rings. The smallest absolute Gasteiger partial charge is 0.185 e. The van der Waals surface area contributed by atoms with E-state index in [-0.39, 0.29) is 6.04 Å². The van der Waals surface area contributed by atoms with Gasteiger partial charge in [0.15, 0.2) is 5.13 Å². The highest BCUT2D eigenvalue weighted by molar-refractivity contribution is 7.13. The topological polar surface area (TPSA) is 58.5 Å². The summed E-state index contributed by atoms with van der Waals surface area (Å²) in [5.41, 5.74) is 5.90. The lowest BCUT2D eigenvalue weighted by Crippen LogP contribution is -2.49. The van der Waals surface area contributed by atoms with Gasteiger partial charge in [0.2, 0.25) is 0 Å². The molecule has 1 aliphatic rings. The van der Waals surface area contributed by atoms with Gasteiger partial charge in [-0.3, -0.25) is 4.90 Å². The Labute approximate surface area is 116 Å². The minimum Gasteiger partial charge on any atom is -0.468 e. The van der Waals surface area contributed by atoms with Gasteiger partial charge in [0.25, 0.3) is 0 Å². The van der Waals surface area contributed by atoms with Crippen molar-refractivity contribution in [3.8, 4) is 0 Å². The van der Waals surface area contributed by atoms with Gasteiger partial charge in [-0.05, 0) is 12.1 Å². The van der Waals surface area contributed by atoms with Crippen molar-refractivity contribution in [3.63, 3.8) is 0 Å². The van der Waals surface area contributed by atoms with Crippen LogP contribution in [0.2, 0.25) is 0 Å². The van der Waals surface area contributed by atoms with E-state index >= 15 is 0 Å². The molecular weight excluding hydrogens is 260 g/mol. The van der Waals surface area contributed by atoms with E-state index in [0.29, 0.717) is 6.54 Å². The van der Waals surface area contributed by atoms with Crippen LogP contribution in [0.4, 0.5) is 5.13 Å². The first-order chi connectivity index (χ1) is 9.38. The van der Waals surface area contributed by atoms with Crippen molar-refractivity contribution in [2.75, 3.05) is 37.6 Å². The largest absolute Gasteiger partial charge is 0.468 e. The number of anilines is 1. The molecular formula is C13H18N4OS. The number of hydrogen-bond acceptors (Lipinski definition) is 6. The Morgan fingerprint density at radius 1 is 1.37 bits per heavy atom. The van der Waals surface area contributed by atoms with Crippen molar-refractivity contribution in [2.45, 2.75) is 6.04 Å². The average molecular weight is 278 g/mol. The summed E-state index contributed by atoms with van der Waals surface area (Å²) in [4.78, 5) is 9.08. The lowest BCUT2D eigenvalue weighted by Gasteiger charge is -2.38. The molecule has 0 amide bonds. The molecule has 2 aromatic rings. The zero-order valence-electron chi connectivity index (χ0n) is 10.7. The molecule has 1 aliphatic heterocycles. The summed E-state index contributed by atoms with van der Waals surface area (Å²) < 4.78 is 5.49. The third-order valence-electron chi connectivity index (χ3n) is 3.54. The third-order valence-corrected chi connectivity index (χ3v) is 4.37. The number of hydrogen-bond donors (Lipinski definition) is 1. The number of nitrogens with zero attached hydrogens (tertiary/aromatic N) is 3. The van der Waals surface area contributed by atoms with Crippen LogP contribution in [0, 0.1) is 0 Å². The Morgan fingerprint density at radius 2 is 2.21 bits per heavy atom. The summed E-state index contributed by atoms with van der Waals surface area (Å²) >= 11 is 1.70. The van der Waals surface area contributed by atoms with Crippen molar-refractivity contribution in [3.05, 3.63) is 35.7 Å². The summed E-state index contributed by atoms with van der Waals surface area (Å²) in [5.74, 6) is 0.963. The van der Waals surface area contributed by atoms with E-state index in [9.17, 15) is 0 Å². The van der Waals surface area contributed by atoms with Gasteiger partial charge in [-0.25, -0.2) is 4.98 Å². The second kappa shape index (κ2) is 5.73. The van der Waals surface area contributed by atoms with Crippen molar-refractivity contribution >= 4 is 16.5 Å². The predicted molar refractivity (Wildman–Crippen MR) is 76.4 cm³/mol. The van der Waals surface area contributed by atoms with Crippen molar-refractivity contribution in [2.24, 2.45) is 5.73 Å². The van der Waals surface area contributed by atoms with Crippen LogP contribution in [0.25, 0.3) is 0 Å². The van der Waals surface area contributed by atoms with E-state index in [0.717, 1.165) is 37.1 Å². The Bertz CT molecular complexity index is 477. The number of rotatable bonds is 4. The lowest BCUT2D eigenvalue weighted by atomic mass is 10.1. The van der Waals surface area contributed by atoms with E-state index < -0.39 is 0 Å². The Balaban J connectivity index is 1.63. The number of aromatic nitrogens is 1. The highest BCUT2D eigenvalue weighted by Gasteiger charge is 2.26. The Morgan fingerprint density at radius 3 is 2.79 bits per heavy atom. The van der Waals surface area contributed by atoms with Gasteiger partial charge in [-0.15, -0.1) is 11.3 Å².